The number of likely N-dealkylation sites (tertiary alicyclic amines) is 1. The number of amides is 1. The molecule has 0 radical (unpaired) electrons. The third-order valence-corrected chi connectivity index (χ3v) is 5.31. The molecule has 3 aromatic rings. The molecular weight excluding hydrogens is 326 g/mol. The second-order valence-corrected chi connectivity index (χ2v) is 7.41. The fourth-order valence-corrected chi connectivity index (χ4v) is 3.91. The Morgan fingerprint density at radius 1 is 1.35 bits per heavy atom. The molecule has 136 valence electrons. The zero-order valence-electron chi connectivity index (χ0n) is 15.4. The maximum atomic E-state index is 12.9. The standard InChI is InChI=1S/C20H25N5O/c1-14(2)25-13-22-23-20(25)15-6-5-9-24(12-15)19(26)10-16-11-21-18-8-4-3-7-17(16)18/h3-4,7-8,11,13-15,21H,5-6,9-10,12H2,1-2H3. The van der Waals surface area contributed by atoms with Crippen LogP contribution in [0.15, 0.2) is 36.8 Å². The van der Waals surface area contributed by atoms with E-state index < -0.39 is 0 Å². The first-order valence-electron chi connectivity index (χ1n) is 9.35. The molecule has 1 saturated heterocycles. The van der Waals surface area contributed by atoms with Gasteiger partial charge in [-0.3, -0.25) is 4.79 Å². The first-order chi connectivity index (χ1) is 12.6. The number of nitrogens with one attached hydrogen (secondary N) is 1. The van der Waals surface area contributed by atoms with Crippen LogP contribution in [-0.4, -0.2) is 43.6 Å². The first kappa shape index (κ1) is 16.8. The molecule has 0 spiro atoms. The Bertz CT molecular complexity index is 910. The van der Waals surface area contributed by atoms with Gasteiger partial charge in [-0.25, -0.2) is 0 Å². The molecule has 0 aliphatic carbocycles. The molecule has 1 aliphatic rings. The van der Waals surface area contributed by atoms with Crippen LogP contribution in [0.1, 0.15) is 50.0 Å². The second-order valence-electron chi connectivity index (χ2n) is 7.41. The summed E-state index contributed by atoms with van der Waals surface area (Å²) in [6, 6.07) is 8.46. The summed E-state index contributed by atoms with van der Waals surface area (Å²) in [7, 11) is 0. The predicted octanol–water partition coefficient (Wildman–Crippen LogP) is 3.29. The Balaban J connectivity index is 1.49. The van der Waals surface area contributed by atoms with Gasteiger partial charge in [-0.1, -0.05) is 18.2 Å². The van der Waals surface area contributed by atoms with Crippen molar-refractivity contribution in [1.82, 2.24) is 24.6 Å². The summed E-state index contributed by atoms with van der Waals surface area (Å²) in [6.07, 6.45) is 6.26. The Morgan fingerprint density at radius 3 is 3.04 bits per heavy atom. The fraction of sp³-hybridized carbons (Fsp3) is 0.450. The summed E-state index contributed by atoms with van der Waals surface area (Å²) in [5.41, 5.74) is 2.15. The lowest BCUT2D eigenvalue weighted by atomic mass is 9.96. The minimum atomic E-state index is 0.190. The van der Waals surface area contributed by atoms with Gasteiger partial charge in [-0.05, 0) is 38.3 Å². The Labute approximate surface area is 153 Å². The zero-order valence-corrected chi connectivity index (χ0v) is 15.4. The van der Waals surface area contributed by atoms with E-state index in [-0.39, 0.29) is 11.8 Å². The van der Waals surface area contributed by atoms with Gasteiger partial charge in [0.2, 0.25) is 5.91 Å². The van der Waals surface area contributed by atoms with Crippen LogP contribution in [0, 0.1) is 0 Å². The van der Waals surface area contributed by atoms with Crippen LogP contribution < -0.4 is 0 Å². The number of fused-ring (bicyclic) bond motifs is 1. The summed E-state index contributed by atoms with van der Waals surface area (Å²) >= 11 is 0. The van der Waals surface area contributed by atoms with E-state index in [4.69, 9.17) is 0 Å². The quantitative estimate of drug-likeness (QED) is 0.784. The molecule has 1 aliphatic heterocycles. The third kappa shape index (κ3) is 3.11. The molecule has 1 amide bonds. The highest BCUT2D eigenvalue weighted by Crippen LogP contribution is 2.28. The number of aromatic amines is 1. The van der Waals surface area contributed by atoms with E-state index in [1.807, 2.05) is 29.3 Å². The van der Waals surface area contributed by atoms with Gasteiger partial charge in [-0.2, -0.15) is 0 Å². The van der Waals surface area contributed by atoms with Crippen LogP contribution in [0.5, 0.6) is 0 Å². The van der Waals surface area contributed by atoms with Crippen LogP contribution >= 0.6 is 0 Å². The van der Waals surface area contributed by atoms with Crippen molar-refractivity contribution in [3.8, 4) is 0 Å². The van der Waals surface area contributed by atoms with Gasteiger partial charge in [0, 0.05) is 42.1 Å². The molecule has 1 atom stereocenters. The predicted molar refractivity (Wildman–Crippen MR) is 101 cm³/mol. The van der Waals surface area contributed by atoms with Gasteiger partial charge in [0.1, 0.15) is 12.2 Å². The van der Waals surface area contributed by atoms with Gasteiger partial charge in [0.05, 0.1) is 6.42 Å². The van der Waals surface area contributed by atoms with Crippen molar-refractivity contribution in [2.75, 3.05) is 13.1 Å². The number of piperidine rings is 1. The van der Waals surface area contributed by atoms with E-state index in [2.05, 4.69) is 39.7 Å². The van der Waals surface area contributed by atoms with Crippen LogP contribution in [0.25, 0.3) is 10.9 Å². The van der Waals surface area contributed by atoms with Crippen LogP contribution in [0.2, 0.25) is 0 Å². The number of carbonyl (C=O) groups is 1. The SMILES string of the molecule is CC(C)n1cnnc1C1CCCN(C(=O)Cc2c[nH]c3ccccc23)C1. The zero-order chi connectivity index (χ0) is 18.1. The topological polar surface area (TPSA) is 66.8 Å². The Kier molecular flexibility index (Phi) is 4.49. The lowest BCUT2D eigenvalue weighted by Gasteiger charge is -2.32. The van der Waals surface area contributed by atoms with Crippen molar-refractivity contribution in [3.05, 3.63) is 48.2 Å². The van der Waals surface area contributed by atoms with Gasteiger partial charge < -0.3 is 14.5 Å². The minimum absolute atomic E-state index is 0.190. The summed E-state index contributed by atoms with van der Waals surface area (Å²) in [4.78, 5) is 18.2. The first-order valence-corrected chi connectivity index (χ1v) is 9.35. The molecule has 1 fully saturated rings. The van der Waals surface area contributed by atoms with Gasteiger partial charge in [0.15, 0.2) is 0 Å². The molecule has 1 unspecified atom stereocenters. The minimum Gasteiger partial charge on any atom is -0.361 e. The lowest BCUT2D eigenvalue weighted by Crippen LogP contribution is -2.40. The lowest BCUT2D eigenvalue weighted by molar-refractivity contribution is -0.131. The molecule has 6 heteroatoms. The average molecular weight is 351 g/mol. The number of H-pyrrole nitrogens is 1. The Morgan fingerprint density at radius 2 is 2.19 bits per heavy atom. The van der Waals surface area contributed by atoms with E-state index in [0.29, 0.717) is 12.5 Å². The van der Waals surface area contributed by atoms with Gasteiger partial charge in [-0.15, -0.1) is 10.2 Å². The van der Waals surface area contributed by atoms with Crippen molar-refractivity contribution >= 4 is 16.8 Å². The van der Waals surface area contributed by atoms with Gasteiger partial charge in [0.25, 0.3) is 0 Å². The highest BCUT2D eigenvalue weighted by molar-refractivity contribution is 5.88. The Hall–Kier alpha value is -2.63. The molecule has 2 aromatic heterocycles. The molecule has 1 aromatic carbocycles. The molecule has 4 rings (SSSR count). The van der Waals surface area contributed by atoms with Crippen molar-refractivity contribution in [2.24, 2.45) is 0 Å². The number of rotatable bonds is 4. The van der Waals surface area contributed by atoms with E-state index in [1.54, 1.807) is 6.33 Å². The largest absolute Gasteiger partial charge is 0.361 e. The van der Waals surface area contributed by atoms with Crippen LogP contribution in [0.3, 0.4) is 0 Å². The summed E-state index contributed by atoms with van der Waals surface area (Å²) < 4.78 is 2.12. The van der Waals surface area contributed by atoms with E-state index >= 15 is 0 Å². The second kappa shape index (κ2) is 6.94. The number of hydrogen-bond donors (Lipinski definition) is 1. The van der Waals surface area contributed by atoms with E-state index in [9.17, 15) is 4.79 Å². The van der Waals surface area contributed by atoms with Crippen molar-refractivity contribution in [1.29, 1.82) is 0 Å². The number of para-hydroxylation sites is 1. The molecule has 0 saturated carbocycles. The smallest absolute Gasteiger partial charge is 0.227 e. The average Bonchev–Trinajstić information content (AvgIpc) is 3.29. The van der Waals surface area contributed by atoms with Crippen molar-refractivity contribution in [2.45, 2.75) is 45.1 Å². The normalized spacial score (nSPS) is 18.0. The van der Waals surface area contributed by atoms with Crippen LogP contribution in [0.4, 0.5) is 0 Å². The van der Waals surface area contributed by atoms with E-state index in [0.717, 1.165) is 48.2 Å². The molecule has 1 N–H and O–H groups in total. The van der Waals surface area contributed by atoms with Crippen molar-refractivity contribution < 1.29 is 4.79 Å². The highest BCUT2D eigenvalue weighted by Gasteiger charge is 2.28. The number of hydrogen-bond acceptors (Lipinski definition) is 3. The maximum Gasteiger partial charge on any atom is 0.227 e. The number of aromatic nitrogens is 4. The molecule has 0 bridgehead atoms. The number of carbonyl (C=O) groups excluding carboxylic acids is 1. The monoisotopic (exact) mass is 351 g/mol. The number of nitrogens with zero attached hydrogens (tertiary/aromatic N) is 4. The third-order valence-electron chi connectivity index (χ3n) is 5.31. The van der Waals surface area contributed by atoms with Gasteiger partial charge >= 0.3 is 0 Å². The molecular formula is C20H25N5O. The summed E-state index contributed by atoms with van der Waals surface area (Å²) in [5, 5.41) is 9.56. The molecule has 26 heavy (non-hydrogen) atoms. The fourth-order valence-electron chi connectivity index (χ4n) is 3.91. The highest BCUT2D eigenvalue weighted by atomic mass is 16.2. The number of benzene rings is 1. The summed E-state index contributed by atoms with van der Waals surface area (Å²) in [5.74, 6) is 1.46. The molecule has 3 heterocycles. The van der Waals surface area contributed by atoms with E-state index in [1.165, 1.54) is 0 Å². The summed E-state index contributed by atoms with van der Waals surface area (Å²) in [6.45, 7) is 5.82. The van der Waals surface area contributed by atoms with Crippen molar-refractivity contribution in [3.63, 3.8) is 0 Å². The molecule has 6 nitrogen and oxygen atoms in total. The van der Waals surface area contributed by atoms with Crippen LogP contribution in [-0.2, 0) is 11.2 Å². The maximum absolute atomic E-state index is 12.9.